The number of sulfonamides is 1. The molecule has 0 unspecified atom stereocenters. The van der Waals surface area contributed by atoms with Crippen LogP contribution in [0.2, 0.25) is 0 Å². The molecule has 0 fully saturated rings. The predicted octanol–water partition coefficient (Wildman–Crippen LogP) is 0.540. The Kier molecular flexibility index (Phi) is 9.25. The Morgan fingerprint density at radius 1 is 1.12 bits per heavy atom. The molecule has 0 radical (unpaired) electrons. The summed E-state index contributed by atoms with van der Waals surface area (Å²) in [7, 11) is -0.152. The second-order valence-corrected chi connectivity index (χ2v) is 5.71. The van der Waals surface area contributed by atoms with Gasteiger partial charge in [0.25, 0.3) is 0 Å². The van der Waals surface area contributed by atoms with Crippen molar-refractivity contribution < 1.29 is 17.9 Å². The Bertz CT molecular complexity index is 258. The lowest BCUT2D eigenvalue weighted by Crippen LogP contribution is -2.37. The largest absolute Gasteiger partial charge is 0.385 e. The zero-order chi connectivity index (χ0) is 12.4. The average molecular weight is 274 g/mol. The monoisotopic (exact) mass is 273 g/mol. The first-order valence-electron chi connectivity index (χ1n) is 5.10. The predicted molar refractivity (Wildman–Crippen MR) is 64.4 cm³/mol. The van der Waals surface area contributed by atoms with Crippen molar-refractivity contribution in [2.75, 3.05) is 52.2 Å². The molecule has 0 spiro atoms. The summed E-state index contributed by atoms with van der Waals surface area (Å²) >= 11 is 5.57. The molecule has 0 heterocycles. The summed E-state index contributed by atoms with van der Waals surface area (Å²) < 4.78 is 34.8. The van der Waals surface area contributed by atoms with Crippen LogP contribution in [0.5, 0.6) is 0 Å². The average Bonchev–Trinajstić information content (AvgIpc) is 2.24. The molecular formula is C9H20ClNO4S. The molecule has 0 saturated carbocycles. The van der Waals surface area contributed by atoms with E-state index in [1.54, 1.807) is 7.11 Å². The van der Waals surface area contributed by atoms with E-state index < -0.39 is 10.0 Å². The van der Waals surface area contributed by atoms with Crippen LogP contribution in [0.1, 0.15) is 6.42 Å². The molecular weight excluding hydrogens is 254 g/mol. The zero-order valence-corrected chi connectivity index (χ0v) is 11.4. The van der Waals surface area contributed by atoms with E-state index in [-0.39, 0.29) is 11.6 Å². The highest BCUT2D eigenvalue weighted by Crippen LogP contribution is 2.04. The number of rotatable bonds is 10. The third-order valence-electron chi connectivity index (χ3n) is 2.02. The third-order valence-corrected chi connectivity index (χ3v) is 4.15. The van der Waals surface area contributed by atoms with Gasteiger partial charge in [-0.3, -0.25) is 0 Å². The Balaban J connectivity index is 4.25. The molecule has 0 aromatic carbocycles. The van der Waals surface area contributed by atoms with Crippen molar-refractivity contribution in [2.45, 2.75) is 6.42 Å². The van der Waals surface area contributed by atoms with Crippen molar-refractivity contribution >= 4 is 21.6 Å². The molecule has 0 atom stereocenters. The van der Waals surface area contributed by atoms with Crippen molar-refractivity contribution in [3.8, 4) is 0 Å². The van der Waals surface area contributed by atoms with Gasteiger partial charge in [0.2, 0.25) is 10.0 Å². The van der Waals surface area contributed by atoms with E-state index in [9.17, 15) is 8.42 Å². The fraction of sp³-hybridized carbons (Fsp3) is 1.00. The van der Waals surface area contributed by atoms with Crippen molar-refractivity contribution in [2.24, 2.45) is 0 Å². The summed E-state index contributed by atoms with van der Waals surface area (Å²) in [5.41, 5.74) is 0. The van der Waals surface area contributed by atoms with Crippen LogP contribution in [0, 0.1) is 0 Å². The Labute approximate surface area is 103 Å². The lowest BCUT2D eigenvalue weighted by Gasteiger charge is -2.20. The standard InChI is InChI=1S/C9H20ClNO4S/c1-14-7-3-9-16(12,13)11(5-4-10)6-8-15-2/h3-9H2,1-2H3. The van der Waals surface area contributed by atoms with Crippen LogP contribution in [0.25, 0.3) is 0 Å². The molecule has 98 valence electrons. The summed E-state index contributed by atoms with van der Waals surface area (Å²) in [5, 5.41) is 0. The van der Waals surface area contributed by atoms with Crippen LogP contribution >= 0.6 is 11.6 Å². The van der Waals surface area contributed by atoms with Crippen LogP contribution in [0.4, 0.5) is 0 Å². The Morgan fingerprint density at radius 2 is 1.75 bits per heavy atom. The van der Waals surface area contributed by atoms with Gasteiger partial charge in [-0.15, -0.1) is 11.6 Å². The lowest BCUT2D eigenvalue weighted by atomic mass is 10.5. The highest BCUT2D eigenvalue weighted by atomic mass is 35.5. The molecule has 0 aliphatic carbocycles. The smallest absolute Gasteiger partial charge is 0.214 e. The molecule has 0 bridgehead atoms. The van der Waals surface area contributed by atoms with E-state index >= 15 is 0 Å². The third kappa shape index (κ3) is 6.65. The first-order valence-corrected chi connectivity index (χ1v) is 7.24. The van der Waals surface area contributed by atoms with Gasteiger partial charge in [0, 0.05) is 39.8 Å². The quantitative estimate of drug-likeness (QED) is 0.431. The first-order chi connectivity index (χ1) is 7.58. The van der Waals surface area contributed by atoms with E-state index in [2.05, 4.69) is 0 Å². The molecule has 0 rings (SSSR count). The van der Waals surface area contributed by atoms with E-state index in [0.717, 1.165) is 0 Å². The maximum absolute atomic E-state index is 11.9. The Morgan fingerprint density at radius 3 is 2.25 bits per heavy atom. The number of hydrogen-bond acceptors (Lipinski definition) is 4. The van der Waals surface area contributed by atoms with E-state index in [1.165, 1.54) is 11.4 Å². The van der Waals surface area contributed by atoms with Gasteiger partial charge in [-0.2, -0.15) is 4.31 Å². The number of hydrogen-bond donors (Lipinski definition) is 0. The van der Waals surface area contributed by atoms with Gasteiger partial charge in [-0.25, -0.2) is 8.42 Å². The van der Waals surface area contributed by atoms with E-state index in [4.69, 9.17) is 21.1 Å². The highest BCUT2D eigenvalue weighted by Gasteiger charge is 2.20. The number of halogens is 1. The molecule has 5 nitrogen and oxygen atoms in total. The fourth-order valence-corrected chi connectivity index (χ4v) is 2.96. The molecule has 0 aromatic rings. The summed E-state index contributed by atoms with van der Waals surface area (Å²) in [4.78, 5) is 0. The van der Waals surface area contributed by atoms with E-state index in [1.807, 2.05) is 0 Å². The lowest BCUT2D eigenvalue weighted by molar-refractivity contribution is 0.180. The summed E-state index contributed by atoms with van der Waals surface area (Å²) in [6.07, 6.45) is 0.491. The maximum atomic E-state index is 11.9. The van der Waals surface area contributed by atoms with Crippen LogP contribution < -0.4 is 0 Å². The van der Waals surface area contributed by atoms with Crippen LogP contribution in [0.3, 0.4) is 0 Å². The molecule has 0 N–H and O–H groups in total. The molecule has 16 heavy (non-hydrogen) atoms. The van der Waals surface area contributed by atoms with Gasteiger partial charge < -0.3 is 9.47 Å². The van der Waals surface area contributed by atoms with Gasteiger partial charge in [0.05, 0.1) is 12.4 Å². The van der Waals surface area contributed by atoms with Crippen molar-refractivity contribution in [1.29, 1.82) is 0 Å². The van der Waals surface area contributed by atoms with Crippen molar-refractivity contribution in [3.63, 3.8) is 0 Å². The summed E-state index contributed by atoms with van der Waals surface area (Å²) in [5.74, 6) is 0.370. The SMILES string of the molecule is COCCCS(=O)(=O)N(CCCl)CCOC. The minimum absolute atomic E-state index is 0.0848. The normalized spacial score (nSPS) is 12.2. The Hall–Kier alpha value is 0.120. The number of methoxy groups -OCH3 is 2. The molecule has 0 amide bonds. The molecule has 0 saturated heterocycles. The topological polar surface area (TPSA) is 55.8 Å². The van der Waals surface area contributed by atoms with Crippen molar-refractivity contribution in [1.82, 2.24) is 4.31 Å². The van der Waals surface area contributed by atoms with Gasteiger partial charge in [0.15, 0.2) is 0 Å². The van der Waals surface area contributed by atoms with Gasteiger partial charge in [-0.05, 0) is 6.42 Å². The molecule has 0 aliphatic heterocycles. The number of ether oxygens (including phenoxy) is 2. The zero-order valence-electron chi connectivity index (χ0n) is 9.82. The van der Waals surface area contributed by atoms with Gasteiger partial charge in [-0.1, -0.05) is 0 Å². The van der Waals surface area contributed by atoms with E-state index in [0.29, 0.717) is 32.7 Å². The molecule has 0 aliphatic rings. The fourth-order valence-electron chi connectivity index (χ4n) is 1.19. The number of nitrogens with zero attached hydrogens (tertiary/aromatic N) is 1. The molecule has 7 heteroatoms. The second-order valence-electron chi connectivity index (χ2n) is 3.24. The molecule has 0 aromatic heterocycles. The highest BCUT2D eigenvalue weighted by molar-refractivity contribution is 7.89. The first kappa shape index (κ1) is 16.1. The van der Waals surface area contributed by atoms with Crippen molar-refractivity contribution in [3.05, 3.63) is 0 Å². The van der Waals surface area contributed by atoms with Gasteiger partial charge >= 0.3 is 0 Å². The van der Waals surface area contributed by atoms with Crippen LogP contribution in [-0.2, 0) is 19.5 Å². The van der Waals surface area contributed by atoms with Crippen LogP contribution in [-0.4, -0.2) is 64.9 Å². The summed E-state index contributed by atoms with van der Waals surface area (Å²) in [6.45, 7) is 1.48. The second kappa shape index (κ2) is 9.18. The maximum Gasteiger partial charge on any atom is 0.214 e. The van der Waals surface area contributed by atoms with Crippen LogP contribution in [0.15, 0.2) is 0 Å². The van der Waals surface area contributed by atoms with Gasteiger partial charge in [0.1, 0.15) is 0 Å². The minimum atomic E-state index is -3.24. The minimum Gasteiger partial charge on any atom is -0.385 e. The number of alkyl halides is 1. The summed E-state index contributed by atoms with van der Waals surface area (Å²) in [6, 6.07) is 0.